The zero-order chi connectivity index (χ0) is 27.9. The molecule has 0 amide bonds. The lowest BCUT2D eigenvalue weighted by Crippen LogP contribution is -2.35. The van der Waals surface area contributed by atoms with Crippen molar-refractivity contribution in [1.29, 1.82) is 0 Å². The number of aromatic carboxylic acids is 1. The standard InChI is InChI=1S/C28H27FN8O3/c1-31-20-7-15(29)6-16-22-24(36-4-3-13-10-35(2)12-21(13)36)18(9-32-26(22)34-23(16)20)14-5-17-25(38)19(28(39)40)11-37(30)27(17)33-8-14/h5-9,11,13,21,31H,3-4,10,12,30H2,1-2H3,(H,32,34)(H,39,40)/t13?,21-/m1/s1. The number of rotatable bonds is 4. The zero-order valence-corrected chi connectivity index (χ0v) is 21.9. The normalized spacial score (nSPS) is 19.2. The van der Waals surface area contributed by atoms with E-state index in [-0.39, 0.29) is 22.9 Å². The second kappa shape index (κ2) is 8.65. The highest BCUT2D eigenvalue weighted by Gasteiger charge is 2.41. The van der Waals surface area contributed by atoms with E-state index in [1.807, 2.05) is 0 Å². The summed E-state index contributed by atoms with van der Waals surface area (Å²) in [5, 5.41) is 14.2. The Balaban J connectivity index is 1.55. The number of carboxylic acid groups (broad SMARTS) is 1. The van der Waals surface area contributed by atoms with E-state index in [2.05, 4.69) is 32.1 Å². The highest BCUT2D eigenvalue weighted by Crippen LogP contribution is 2.46. The monoisotopic (exact) mass is 542 g/mol. The Kier molecular flexibility index (Phi) is 5.26. The molecule has 12 heteroatoms. The average molecular weight is 543 g/mol. The third kappa shape index (κ3) is 3.45. The van der Waals surface area contributed by atoms with Gasteiger partial charge < -0.3 is 31.0 Å². The Hall–Kier alpha value is -4.71. The summed E-state index contributed by atoms with van der Waals surface area (Å²) in [6, 6.07) is 4.84. The van der Waals surface area contributed by atoms with Gasteiger partial charge in [-0.3, -0.25) is 9.47 Å². The van der Waals surface area contributed by atoms with E-state index in [1.165, 1.54) is 12.1 Å². The van der Waals surface area contributed by atoms with Gasteiger partial charge in [0.25, 0.3) is 0 Å². The third-order valence-electron chi connectivity index (χ3n) is 8.36. The molecular weight excluding hydrogens is 515 g/mol. The van der Waals surface area contributed by atoms with E-state index in [0.29, 0.717) is 28.2 Å². The molecule has 0 radical (unpaired) electrons. The van der Waals surface area contributed by atoms with Crippen LogP contribution in [-0.4, -0.2) is 75.4 Å². The van der Waals surface area contributed by atoms with Crippen LogP contribution in [0.4, 0.5) is 15.8 Å². The van der Waals surface area contributed by atoms with Crippen molar-refractivity contribution in [2.75, 3.05) is 49.8 Å². The number of halogens is 1. The number of nitrogens with two attached hydrogens (primary N) is 1. The number of carbonyl (C=O) groups is 1. The van der Waals surface area contributed by atoms with E-state index >= 15 is 0 Å². The number of pyridine rings is 3. The van der Waals surface area contributed by atoms with E-state index in [4.69, 9.17) is 10.8 Å². The van der Waals surface area contributed by atoms with Gasteiger partial charge in [-0.1, -0.05) is 0 Å². The van der Waals surface area contributed by atoms with Crippen molar-refractivity contribution in [3.05, 3.63) is 58.4 Å². The van der Waals surface area contributed by atoms with Crippen molar-refractivity contribution in [2.24, 2.45) is 5.92 Å². The highest BCUT2D eigenvalue weighted by molar-refractivity contribution is 6.18. The van der Waals surface area contributed by atoms with Crippen LogP contribution >= 0.6 is 0 Å². The van der Waals surface area contributed by atoms with Crippen LogP contribution in [0.15, 0.2) is 41.6 Å². The lowest BCUT2D eigenvalue weighted by Gasteiger charge is -2.29. The number of nitrogens with zero attached hydrogens (tertiary/aromatic N) is 5. The maximum atomic E-state index is 14.8. The summed E-state index contributed by atoms with van der Waals surface area (Å²) in [6.45, 7) is 2.71. The molecule has 1 unspecified atom stereocenters. The fourth-order valence-corrected chi connectivity index (χ4v) is 6.60. The summed E-state index contributed by atoms with van der Waals surface area (Å²) in [5.41, 5.74) is 3.25. The molecule has 2 saturated heterocycles. The van der Waals surface area contributed by atoms with Crippen LogP contribution in [-0.2, 0) is 0 Å². The number of hydrogen-bond donors (Lipinski definition) is 4. The number of likely N-dealkylation sites (tertiary alicyclic amines) is 1. The quantitative estimate of drug-likeness (QED) is 0.252. The third-order valence-corrected chi connectivity index (χ3v) is 8.36. The molecule has 7 rings (SSSR count). The smallest absolute Gasteiger partial charge is 0.341 e. The van der Waals surface area contributed by atoms with E-state index in [0.717, 1.165) is 59.1 Å². The molecule has 0 bridgehead atoms. The number of nitrogens with one attached hydrogen (secondary N) is 2. The SMILES string of the molecule is CNc1cc(F)cc2c1[nH]c1ncc(-c3cnc4c(c3)c(=O)c(C(=O)O)cn4N)c(N3CCC4CN(C)C[C@H]43)c12. The van der Waals surface area contributed by atoms with Gasteiger partial charge in [-0.15, -0.1) is 0 Å². The number of likely N-dealkylation sites (N-methyl/N-ethyl adjacent to an activating group) is 1. The molecule has 2 fully saturated rings. The minimum absolute atomic E-state index is 0.0910. The Labute approximate surface area is 227 Å². The van der Waals surface area contributed by atoms with Crippen LogP contribution in [0.3, 0.4) is 0 Å². The average Bonchev–Trinajstić information content (AvgIpc) is 3.61. The van der Waals surface area contributed by atoms with Gasteiger partial charge >= 0.3 is 5.97 Å². The van der Waals surface area contributed by atoms with Crippen LogP contribution < -0.4 is 21.5 Å². The minimum atomic E-state index is -1.37. The minimum Gasteiger partial charge on any atom is -0.477 e. The first-order chi connectivity index (χ1) is 19.2. The lowest BCUT2D eigenvalue weighted by atomic mass is 10.00. The predicted octanol–water partition coefficient (Wildman–Crippen LogP) is 2.83. The van der Waals surface area contributed by atoms with Gasteiger partial charge in [0.05, 0.1) is 27.7 Å². The van der Waals surface area contributed by atoms with E-state index < -0.39 is 17.0 Å². The molecule has 2 aliphatic heterocycles. The summed E-state index contributed by atoms with van der Waals surface area (Å²) in [5.74, 6) is 4.76. The number of anilines is 2. The first-order valence-electron chi connectivity index (χ1n) is 13.1. The molecule has 0 aliphatic carbocycles. The number of aromatic nitrogens is 4. The van der Waals surface area contributed by atoms with Gasteiger partial charge in [-0.25, -0.2) is 19.2 Å². The summed E-state index contributed by atoms with van der Waals surface area (Å²) < 4.78 is 15.9. The molecule has 4 aromatic heterocycles. The molecule has 5 aromatic rings. The number of aromatic amines is 1. The van der Waals surface area contributed by atoms with Crippen molar-refractivity contribution in [3.8, 4) is 11.1 Å². The van der Waals surface area contributed by atoms with E-state index in [9.17, 15) is 19.1 Å². The Bertz CT molecular complexity index is 1930. The van der Waals surface area contributed by atoms with Gasteiger partial charge in [-0.05, 0) is 37.6 Å². The Morgan fingerprint density at radius 3 is 2.80 bits per heavy atom. The van der Waals surface area contributed by atoms with Crippen molar-refractivity contribution in [3.63, 3.8) is 0 Å². The van der Waals surface area contributed by atoms with Crippen molar-refractivity contribution >= 4 is 50.3 Å². The summed E-state index contributed by atoms with van der Waals surface area (Å²) in [6.07, 6.45) is 5.44. The second-order valence-electron chi connectivity index (χ2n) is 10.7. The fraction of sp³-hybridized carbons (Fsp3) is 0.286. The van der Waals surface area contributed by atoms with Gasteiger partial charge in [0.2, 0.25) is 5.43 Å². The molecule has 40 heavy (non-hydrogen) atoms. The van der Waals surface area contributed by atoms with Gasteiger partial charge in [0.1, 0.15) is 17.0 Å². The van der Waals surface area contributed by atoms with Crippen molar-refractivity contribution in [1.82, 2.24) is 24.5 Å². The summed E-state index contributed by atoms with van der Waals surface area (Å²) in [7, 11) is 3.86. The van der Waals surface area contributed by atoms with Crippen molar-refractivity contribution < 1.29 is 14.3 Å². The predicted molar refractivity (Wildman–Crippen MR) is 152 cm³/mol. The van der Waals surface area contributed by atoms with E-state index in [1.54, 1.807) is 25.5 Å². The Morgan fingerprint density at radius 1 is 1.20 bits per heavy atom. The maximum absolute atomic E-state index is 14.8. The number of nitrogen functional groups attached to an aromatic ring is 1. The van der Waals surface area contributed by atoms with Crippen LogP contribution in [0, 0.1) is 11.7 Å². The number of carboxylic acids is 1. The maximum Gasteiger partial charge on any atom is 0.341 e. The van der Waals surface area contributed by atoms with Crippen LogP contribution in [0.2, 0.25) is 0 Å². The topological polar surface area (TPSA) is 145 Å². The molecule has 2 aliphatic rings. The van der Waals surface area contributed by atoms with Crippen LogP contribution in [0.25, 0.3) is 44.1 Å². The molecule has 2 atom stereocenters. The molecule has 1 aromatic carbocycles. The van der Waals surface area contributed by atoms with Gasteiger partial charge in [0.15, 0.2) is 5.65 Å². The highest BCUT2D eigenvalue weighted by atomic mass is 19.1. The molecular formula is C28H27FN8O3. The summed E-state index contributed by atoms with van der Waals surface area (Å²) >= 11 is 0. The molecule has 11 nitrogen and oxygen atoms in total. The molecule has 6 heterocycles. The molecule has 204 valence electrons. The Morgan fingerprint density at radius 2 is 2.02 bits per heavy atom. The first-order valence-corrected chi connectivity index (χ1v) is 13.1. The second-order valence-corrected chi connectivity index (χ2v) is 10.7. The first kappa shape index (κ1) is 24.3. The molecule has 0 spiro atoms. The summed E-state index contributed by atoms with van der Waals surface area (Å²) in [4.78, 5) is 42.1. The molecule has 0 saturated carbocycles. The number of benzene rings is 1. The van der Waals surface area contributed by atoms with Crippen LogP contribution in [0.1, 0.15) is 16.8 Å². The van der Waals surface area contributed by atoms with Crippen LogP contribution in [0.5, 0.6) is 0 Å². The lowest BCUT2D eigenvalue weighted by molar-refractivity contribution is 0.0695. The van der Waals surface area contributed by atoms with Crippen molar-refractivity contribution in [2.45, 2.75) is 12.5 Å². The zero-order valence-electron chi connectivity index (χ0n) is 21.9. The number of H-pyrrole nitrogens is 1. The number of fused-ring (bicyclic) bond motifs is 5. The largest absolute Gasteiger partial charge is 0.477 e. The van der Waals surface area contributed by atoms with Gasteiger partial charge in [-0.2, -0.15) is 0 Å². The molecule has 5 N–H and O–H groups in total. The fourth-order valence-electron chi connectivity index (χ4n) is 6.60. The van der Waals surface area contributed by atoms with Gasteiger partial charge in [0, 0.05) is 67.8 Å². The number of hydrogen-bond acceptors (Lipinski definition) is 8.